The summed E-state index contributed by atoms with van der Waals surface area (Å²) in [5.41, 5.74) is 0.125. The molecule has 0 saturated heterocycles. The second kappa shape index (κ2) is 5.13. The molecule has 3 atom stereocenters. The maximum Gasteiger partial charge on any atom is 0.124 e. The molecule has 3 aliphatic rings. The Hall–Kier alpha value is -2.23. The number of nitrogens with zero attached hydrogens (tertiary/aromatic N) is 1. The number of rotatable bonds is 2. The van der Waals surface area contributed by atoms with Crippen molar-refractivity contribution in [2.24, 2.45) is 5.92 Å². The van der Waals surface area contributed by atoms with Gasteiger partial charge < -0.3 is 9.84 Å². The summed E-state index contributed by atoms with van der Waals surface area (Å²) in [6.45, 7) is 0. The third-order valence-corrected chi connectivity index (χ3v) is 6.21. The normalized spacial score (nSPS) is 31.0. The fraction of sp³-hybridized carbons (Fsp3) is 0.318. The highest BCUT2D eigenvalue weighted by Gasteiger charge is 2.56. The van der Waals surface area contributed by atoms with Gasteiger partial charge in [-0.25, -0.2) is 0 Å². The molecule has 1 N–H and O–H groups in total. The monoisotopic (exact) mass is 331 g/mol. The zero-order chi connectivity index (χ0) is 17.1. The number of aromatic nitrogens is 1. The van der Waals surface area contributed by atoms with Crippen LogP contribution in [0.1, 0.15) is 24.8 Å². The van der Waals surface area contributed by atoms with Crippen LogP contribution >= 0.6 is 0 Å². The van der Waals surface area contributed by atoms with Crippen molar-refractivity contribution in [3.05, 3.63) is 66.4 Å². The van der Waals surface area contributed by atoms with Crippen molar-refractivity contribution >= 4 is 21.7 Å². The molecule has 0 unspecified atom stereocenters. The van der Waals surface area contributed by atoms with E-state index in [4.69, 9.17) is 4.74 Å². The van der Waals surface area contributed by atoms with Gasteiger partial charge >= 0.3 is 0 Å². The van der Waals surface area contributed by atoms with Crippen LogP contribution in [0.25, 0.3) is 21.7 Å². The molecule has 3 aromatic rings. The van der Waals surface area contributed by atoms with E-state index in [2.05, 4.69) is 41.4 Å². The van der Waals surface area contributed by atoms with Crippen molar-refractivity contribution in [1.82, 2.24) is 4.98 Å². The summed E-state index contributed by atoms with van der Waals surface area (Å²) in [5.74, 6) is 0.408. The molecule has 3 nitrogen and oxygen atoms in total. The Balaban J connectivity index is 1.75. The number of hydrogen-bond acceptors (Lipinski definition) is 3. The van der Waals surface area contributed by atoms with Gasteiger partial charge in [-0.15, -0.1) is 0 Å². The number of aliphatic hydroxyl groups is 1. The molecule has 3 aliphatic carbocycles. The third kappa shape index (κ3) is 1.97. The third-order valence-electron chi connectivity index (χ3n) is 6.21. The number of allylic oxidation sites excluding steroid dienone is 1. The molecule has 25 heavy (non-hydrogen) atoms. The first-order chi connectivity index (χ1) is 12.2. The van der Waals surface area contributed by atoms with Crippen LogP contribution in [0, 0.1) is 5.92 Å². The number of fused-ring (bicyclic) bond motifs is 5. The van der Waals surface area contributed by atoms with Gasteiger partial charge in [-0.1, -0.05) is 42.5 Å². The minimum Gasteiger partial charge on any atom is -0.382 e. The van der Waals surface area contributed by atoms with E-state index in [1.165, 1.54) is 10.8 Å². The standard InChI is InChI=1S/C22H21NO2/c1-25-21-10-8-15(9-11-21)13-22(21,24)17-12-19-18-5-3-2-4-16(18)6-7-20(19)23-14-17/h2-8,10,12,14-15,24H,9,11,13H2,1H3/t15-,21+,22-/m0/s1. The van der Waals surface area contributed by atoms with Gasteiger partial charge in [-0.05, 0) is 48.1 Å². The molecule has 6 rings (SSSR count). The molecule has 1 fully saturated rings. The van der Waals surface area contributed by atoms with Crippen molar-refractivity contribution in [3.8, 4) is 0 Å². The highest BCUT2D eigenvalue weighted by atomic mass is 16.5. The van der Waals surface area contributed by atoms with Gasteiger partial charge in [0.05, 0.1) is 5.52 Å². The summed E-state index contributed by atoms with van der Waals surface area (Å²) >= 11 is 0. The van der Waals surface area contributed by atoms with Crippen LogP contribution in [0.15, 0.2) is 60.8 Å². The molecule has 0 aliphatic heterocycles. The Labute approximate surface area is 147 Å². The minimum absolute atomic E-state index is 0.408. The van der Waals surface area contributed by atoms with E-state index in [9.17, 15) is 5.11 Å². The summed E-state index contributed by atoms with van der Waals surface area (Å²) < 4.78 is 5.87. The lowest BCUT2D eigenvalue weighted by molar-refractivity contribution is -0.185. The van der Waals surface area contributed by atoms with Crippen molar-refractivity contribution < 1.29 is 9.84 Å². The van der Waals surface area contributed by atoms with Crippen LogP contribution in [-0.2, 0) is 10.3 Å². The van der Waals surface area contributed by atoms with Crippen molar-refractivity contribution in [2.45, 2.75) is 30.5 Å². The summed E-state index contributed by atoms with van der Waals surface area (Å²) in [5, 5.41) is 15.1. The van der Waals surface area contributed by atoms with Gasteiger partial charge in [0.1, 0.15) is 11.2 Å². The Bertz CT molecular complexity index is 1010. The summed E-state index contributed by atoms with van der Waals surface area (Å²) in [4.78, 5) is 4.66. The number of benzene rings is 2. The first-order valence-electron chi connectivity index (χ1n) is 8.90. The lowest BCUT2D eigenvalue weighted by atomic mass is 9.60. The molecule has 1 saturated carbocycles. The van der Waals surface area contributed by atoms with E-state index in [0.717, 1.165) is 29.3 Å². The molecule has 2 aromatic carbocycles. The highest BCUT2D eigenvalue weighted by molar-refractivity contribution is 6.06. The second-order valence-electron chi connectivity index (χ2n) is 7.39. The van der Waals surface area contributed by atoms with Gasteiger partial charge in [0, 0.05) is 24.3 Å². The number of ether oxygens (including phenoxy) is 1. The van der Waals surface area contributed by atoms with E-state index in [1.54, 1.807) is 7.11 Å². The number of pyridine rings is 1. The predicted molar refractivity (Wildman–Crippen MR) is 99.4 cm³/mol. The zero-order valence-corrected chi connectivity index (χ0v) is 14.3. The molecule has 3 heteroatoms. The maximum absolute atomic E-state index is 11.7. The fourth-order valence-electron chi connectivity index (χ4n) is 4.75. The summed E-state index contributed by atoms with van der Waals surface area (Å²) in [6.07, 6.45) is 8.69. The van der Waals surface area contributed by atoms with E-state index in [0.29, 0.717) is 12.3 Å². The van der Waals surface area contributed by atoms with Crippen molar-refractivity contribution in [2.75, 3.05) is 7.11 Å². The van der Waals surface area contributed by atoms with Gasteiger partial charge in [-0.3, -0.25) is 4.98 Å². The van der Waals surface area contributed by atoms with Crippen LogP contribution < -0.4 is 0 Å². The van der Waals surface area contributed by atoms with Crippen LogP contribution in [-0.4, -0.2) is 22.8 Å². The highest BCUT2D eigenvalue weighted by Crippen LogP contribution is 2.53. The Kier molecular flexibility index (Phi) is 3.09. The maximum atomic E-state index is 11.7. The minimum atomic E-state index is -1.03. The molecule has 1 heterocycles. The average molecular weight is 331 g/mol. The molecule has 2 bridgehead atoms. The number of hydrogen-bond donors (Lipinski definition) is 1. The predicted octanol–water partition coefficient (Wildman–Crippen LogP) is 4.33. The first-order valence-corrected chi connectivity index (χ1v) is 8.90. The van der Waals surface area contributed by atoms with E-state index in [1.807, 2.05) is 24.4 Å². The second-order valence-corrected chi connectivity index (χ2v) is 7.39. The molecule has 0 radical (unpaired) electrons. The topological polar surface area (TPSA) is 42.4 Å². The average Bonchev–Trinajstić information content (AvgIpc) is 2.68. The van der Waals surface area contributed by atoms with Crippen LogP contribution in [0.2, 0.25) is 0 Å². The van der Waals surface area contributed by atoms with Gasteiger partial charge in [0.25, 0.3) is 0 Å². The molecule has 0 spiro atoms. The van der Waals surface area contributed by atoms with Gasteiger partial charge in [0.2, 0.25) is 0 Å². The summed E-state index contributed by atoms with van der Waals surface area (Å²) in [6, 6.07) is 14.6. The largest absolute Gasteiger partial charge is 0.382 e. The lowest BCUT2D eigenvalue weighted by Gasteiger charge is -2.53. The Morgan fingerprint density at radius 2 is 2.04 bits per heavy atom. The van der Waals surface area contributed by atoms with E-state index >= 15 is 0 Å². The van der Waals surface area contributed by atoms with Crippen LogP contribution in [0.4, 0.5) is 0 Å². The summed E-state index contributed by atoms with van der Waals surface area (Å²) in [7, 11) is 1.70. The molecule has 126 valence electrons. The molecular weight excluding hydrogens is 310 g/mol. The fourth-order valence-corrected chi connectivity index (χ4v) is 4.75. The van der Waals surface area contributed by atoms with Gasteiger partial charge in [0.15, 0.2) is 0 Å². The van der Waals surface area contributed by atoms with Gasteiger partial charge in [-0.2, -0.15) is 0 Å². The van der Waals surface area contributed by atoms with Crippen LogP contribution in [0.5, 0.6) is 0 Å². The molecule has 1 aromatic heterocycles. The first kappa shape index (κ1) is 15.1. The van der Waals surface area contributed by atoms with E-state index < -0.39 is 11.2 Å². The smallest absolute Gasteiger partial charge is 0.124 e. The number of methoxy groups -OCH3 is 1. The van der Waals surface area contributed by atoms with Crippen molar-refractivity contribution in [1.29, 1.82) is 0 Å². The van der Waals surface area contributed by atoms with E-state index in [-0.39, 0.29) is 0 Å². The van der Waals surface area contributed by atoms with Crippen molar-refractivity contribution in [3.63, 3.8) is 0 Å². The SMILES string of the molecule is CO[C@]12C=C[C@@H](CC1)C[C@]2(O)c1cnc2ccc3ccccc3c2c1. The Morgan fingerprint density at radius 3 is 2.84 bits per heavy atom. The molecule has 0 amide bonds. The Morgan fingerprint density at radius 1 is 1.16 bits per heavy atom. The zero-order valence-electron chi connectivity index (χ0n) is 14.3. The van der Waals surface area contributed by atoms with Crippen LogP contribution in [0.3, 0.4) is 0 Å². The quantitative estimate of drug-likeness (QED) is 0.561. The molecular formula is C22H21NO2. The lowest BCUT2D eigenvalue weighted by Crippen LogP contribution is -2.57.